The van der Waals surface area contributed by atoms with E-state index in [0.717, 1.165) is 49.4 Å². The summed E-state index contributed by atoms with van der Waals surface area (Å²) < 4.78 is 0. The summed E-state index contributed by atoms with van der Waals surface area (Å²) in [6.45, 7) is 5.94. The molecular weight excluding hydrogens is 386 g/mol. The number of hydrogen-bond donors (Lipinski definition) is 1. The van der Waals surface area contributed by atoms with Gasteiger partial charge < -0.3 is 9.80 Å². The molecular formula is C21H28ClN7. The molecule has 0 radical (unpaired) electrons. The molecule has 0 atom stereocenters. The first-order chi connectivity index (χ1) is 14.2. The lowest BCUT2D eigenvalue weighted by molar-refractivity contribution is 0.556. The van der Waals surface area contributed by atoms with E-state index >= 15 is 0 Å². The molecule has 1 aromatic heterocycles. The van der Waals surface area contributed by atoms with Crippen LogP contribution in [0.2, 0.25) is 5.02 Å². The van der Waals surface area contributed by atoms with Gasteiger partial charge in [-0.05, 0) is 63.1 Å². The minimum Gasteiger partial charge on any atom is -0.341 e. The van der Waals surface area contributed by atoms with Gasteiger partial charge in [0, 0.05) is 31.2 Å². The maximum absolute atomic E-state index is 5.98. The molecule has 8 heteroatoms. The van der Waals surface area contributed by atoms with Crippen LogP contribution in [-0.2, 0) is 0 Å². The molecule has 4 rings (SSSR count). The van der Waals surface area contributed by atoms with E-state index in [1.165, 1.54) is 38.5 Å². The van der Waals surface area contributed by atoms with Crippen molar-refractivity contribution in [1.82, 2.24) is 15.0 Å². The Balaban J connectivity index is 1.58. The molecule has 0 unspecified atom stereocenters. The van der Waals surface area contributed by atoms with Gasteiger partial charge in [0.25, 0.3) is 0 Å². The molecule has 7 nitrogen and oxygen atoms in total. The van der Waals surface area contributed by atoms with Crippen LogP contribution in [0.4, 0.5) is 17.8 Å². The van der Waals surface area contributed by atoms with Crippen LogP contribution in [0.25, 0.3) is 0 Å². The van der Waals surface area contributed by atoms with Crippen LogP contribution in [0.15, 0.2) is 29.4 Å². The van der Waals surface area contributed by atoms with Crippen molar-refractivity contribution in [3.8, 4) is 0 Å². The number of hydrogen-bond acceptors (Lipinski definition) is 7. The molecule has 0 saturated carbocycles. The highest BCUT2D eigenvalue weighted by atomic mass is 35.5. The molecule has 0 amide bonds. The highest BCUT2D eigenvalue weighted by molar-refractivity contribution is 6.30. The SMILES string of the molecule is C/C(=N/Nc1nc(N2CCCCC2)nc(N2CCCCC2)n1)c1ccc(Cl)cc1. The molecule has 0 spiro atoms. The molecule has 2 fully saturated rings. The summed E-state index contributed by atoms with van der Waals surface area (Å²) in [5.74, 6) is 2.00. The minimum absolute atomic E-state index is 0.495. The lowest BCUT2D eigenvalue weighted by Gasteiger charge is -2.30. The normalized spacial score (nSPS) is 18.1. The third-order valence-corrected chi connectivity index (χ3v) is 5.73. The zero-order valence-corrected chi connectivity index (χ0v) is 17.7. The molecule has 3 heterocycles. The lowest BCUT2D eigenvalue weighted by atomic mass is 10.1. The smallest absolute Gasteiger partial charge is 0.250 e. The Kier molecular flexibility index (Phi) is 6.44. The number of piperidine rings is 2. The number of aromatic nitrogens is 3. The monoisotopic (exact) mass is 413 g/mol. The molecule has 2 aliphatic rings. The minimum atomic E-state index is 0.495. The van der Waals surface area contributed by atoms with Crippen molar-refractivity contribution in [3.05, 3.63) is 34.9 Å². The Morgan fingerprint density at radius 3 is 1.86 bits per heavy atom. The molecule has 2 aromatic rings. The predicted molar refractivity (Wildman–Crippen MR) is 119 cm³/mol. The average molecular weight is 414 g/mol. The summed E-state index contributed by atoms with van der Waals surface area (Å²) >= 11 is 5.98. The molecule has 1 N–H and O–H groups in total. The molecule has 2 aliphatic heterocycles. The maximum Gasteiger partial charge on any atom is 0.250 e. The quantitative estimate of drug-likeness (QED) is 0.580. The summed E-state index contributed by atoms with van der Waals surface area (Å²) in [6.07, 6.45) is 7.28. The van der Waals surface area contributed by atoms with Crippen molar-refractivity contribution in [3.63, 3.8) is 0 Å². The Hall–Kier alpha value is -2.41. The first-order valence-corrected chi connectivity index (χ1v) is 10.9. The largest absolute Gasteiger partial charge is 0.341 e. The van der Waals surface area contributed by atoms with Gasteiger partial charge in [0.15, 0.2) is 0 Å². The maximum atomic E-state index is 5.98. The third-order valence-electron chi connectivity index (χ3n) is 5.48. The zero-order valence-electron chi connectivity index (χ0n) is 16.9. The van der Waals surface area contributed by atoms with Gasteiger partial charge in [0.2, 0.25) is 17.8 Å². The van der Waals surface area contributed by atoms with Gasteiger partial charge in [-0.15, -0.1) is 0 Å². The second-order valence-corrected chi connectivity index (χ2v) is 8.11. The van der Waals surface area contributed by atoms with Crippen LogP contribution >= 0.6 is 11.6 Å². The van der Waals surface area contributed by atoms with Crippen molar-refractivity contribution in [2.75, 3.05) is 41.4 Å². The Morgan fingerprint density at radius 2 is 1.34 bits per heavy atom. The lowest BCUT2D eigenvalue weighted by Crippen LogP contribution is -2.34. The first-order valence-electron chi connectivity index (χ1n) is 10.5. The second kappa shape index (κ2) is 9.39. The van der Waals surface area contributed by atoms with E-state index in [0.29, 0.717) is 11.0 Å². The van der Waals surface area contributed by atoms with Crippen molar-refractivity contribution in [1.29, 1.82) is 0 Å². The summed E-state index contributed by atoms with van der Waals surface area (Å²) in [6, 6.07) is 7.63. The fourth-order valence-corrected chi connectivity index (χ4v) is 3.89. The summed E-state index contributed by atoms with van der Waals surface area (Å²) in [4.78, 5) is 18.7. The van der Waals surface area contributed by atoms with Gasteiger partial charge in [0.05, 0.1) is 5.71 Å². The van der Waals surface area contributed by atoms with Gasteiger partial charge >= 0.3 is 0 Å². The van der Waals surface area contributed by atoms with Crippen molar-refractivity contribution >= 4 is 35.2 Å². The van der Waals surface area contributed by atoms with E-state index in [4.69, 9.17) is 16.6 Å². The molecule has 0 bridgehead atoms. The highest BCUT2D eigenvalue weighted by Gasteiger charge is 2.20. The van der Waals surface area contributed by atoms with Crippen LogP contribution < -0.4 is 15.2 Å². The molecule has 0 aliphatic carbocycles. The Labute approximate surface area is 177 Å². The van der Waals surface area contributed by atoms with Gasteiger partial charge in [-0.1, -0.05) is 23.7 Å². The van der Waals surface area contributed by atoms with Gasteiger partial charge in [-0.2, -0.15) is 20.1 Å². The third kappa shape index (κ3) is 5.15. The number of halogens is 1. The number of rotatable bonds is 5. The summed E-state index contributed by atoms with van der Waals surface area (Å²) in [5.41, 5.74) is 4.91. The van der Waals surface area contributed by atoms with Gasteiger partial charge in [-0.3, -0.25) is 0 Å². The van der Waals surface area contributed by atoms with E-state index in [1.807, 2.05) is 31.2 Å². The van der Waals surface area contributed by atoms with Crippen molar-refractivity contribution in [2.45, 2.75) is 45.4 Å². The Morgan fingerprint density at radius 1 is 0.828 bits per heavy atom. The average Bonchev–Trinajstić information content (AvgIpc) is 2.79. The topological polar surface area (TPSA) is 69.5 Å². The van der Waals surface area contributed by atoms with E-state index < -0.39 is 0 Å². The zero-order chi connectivity index (χ0) is 20.1. The predicted octanol–water partition coefficient (Wildman–Crippen LogP) is 4.34. The summed E-state index contributed by atoms with van der Waals surface area (Å²) in [5, 5.41) is 5.21. The van der Waals surface area contributed by atoms with Gasteiger partial charge in [0.1, 0.15) is 0 Å². The van der Waals surface area contributed by atoms with E-state index in [-0.39, 0.29) is 0 Å². The number of hydrazone groups is 1. The van der Waals surface area contributed by atoms with Crippen LogP contribution in [0.1, 0.15) is 51.0 Å². The molecule has 2 saturated heterocycles. The number of nitrogens with one attached hydrogen (secondary N) is 1. The van der Waals surface area contributed by atoms with Crippen LogP contribution in [0, 0.1) is 0 Å². The Bertz CT molecular complexity index is 804. The van der Waals surface area contributed by atoms with Gasteiger partial charge in [-0.25, -0.2) is 5.43 Å². The molecule has 29 heavy (non-hydrogen) atoms. The molecule has 154 valence electrons. The van der Waals surface area contributed by atoms with Crippen molar-refractivity contribution < 1.29 is 0 Å². The number of anilines is 3. The molecule has 1 aromatic carbocycles. The van der Waals surface area contributed by atoms with E-state index in [2.05, 4.69) is 30.3 Å². The van der Waals surface area contributed by atoms with Crippen molar-refractivity contribution in [2.24, 2.45) is 5.10 Å². The standard InChI is InChI=1S/C21H28ClN7/c1-16(17-8-10-18(22)11-9-17)26-27-19-23-20(28-12-4-2-5-13-28)25-21(24-19)29-14-6-3-7-15-29/h8-11H,2-7,12-15H2,1H3,(H,23,24,25,27)/b26-16-. The second-order valence-electron chi connectivity index (χ2n) is 7.67. The van der Waals surface area contributed by atoms with E-state index in [9.17, 15) is 0 Å². The summed E-state index contributed by atoms with van der Waals surface area (Å²) in [7, 11) is 0. The fraction of sp³-hybridized carbons (Fsp3) is 0.524. The number of nitrogens with zero attached hydrogens (tertiary/aromatic N) is 6. The van der Waals surface area contributed by atoms with Crippen LogP contribution in [-0.4, -0.2) is 46.8 Å². The number of benzene rings is 1. The highest BCUT2D eigenvalue weighted by Crippen LogP contribution is 2.22. The fourth-order valence-electron chi connectivity index (χ4n) is 3.76. The van der Waals surface area contributed by atoms with Crippen LogP contribution in [0.5, 0.6) is 0 Å². The van der Waals surface area contributed by atoms with Crippen LogP contribution in [0.3, 0.4) is 0 Å². The van der Waals surface area contributed by atoms with E-state index in [1.54, 1.807) is 0 Å². The first kappa shape index (κ1) is 19.9.